The second kappa shape index (κ2) is 2.50. The Morgan fingerprint density at radius 3 is 2.36 bits per heavy atom. The molecule has 1 aliphatic heterocycles. The molecule has 1 fully saturated rings. The molecule has 1 aliphatic rings. The third-order valence-electron chi connectivity index (χ3n) is 1.80. The molecule has 0 aliphatic carbocycles. The smallest absolute Gasteiger partial charge is 0.311 e. The molecule has 3 N–H and O–H groups in total. The Kier molecular flexibility index (Phi) is 1.82. The van der Waals surface area contributed by atoms with Gasteiger partial charge in [0.2, 0.25) is 5.91 Å². The van der Waals surface area contributed by atoms with E-state index in [1.807, 2.05) is 0 Å². The maximum Gasteiger partial charge on any atom is 0.311 e. The van der Waals surface area contributed by atoms with Gasteiger partial charge in [-0.05, 0) is 6.92 Å². The van der Waals surface area contributed by atoms with E-state index in [9.17, 15) is 9.59 Å². The topological polar surface area (TPSA) is 86.6 Å². The van der Waals surface area contributed by atoms with Crippen LogP contribution >= 0.6 is 0 Å². The lowest BCUT2D eigenvalue weighted by Crippen LogP contribution is -2.31. The summed E-state index contributed by atoms with van der Waals surface area (Å²) in [5.74, 6) is -2.77. The Morgan fingerprint density at radius 1 is 1.64 bits per heavy atom. The van der Waals surface area contributed by atoms with Crippen molar-refractivity contribution in [3.8, 4) is 0 Å². The quantitative estimate of drug-likeness (QED) is 0.437. The molecule has 0 saturated carbocycles. The molecule has 0 bridgehead atoms. The summed E-state index contributed by atoms with van der Waals surface area (Å²) in [6, 6.07) is -0.491. The zero-order chi connectivity index (χ0) is 8.59. The summed E-state index contributed by atoms with van der Waals surface area (Å²) in [6.07, 6.45) is -1.40. The van der Waals surface area contributed by atoms with Gasteiger partial charge >= 0.3 is 5.97 Å². The van der Waals surface area contributed by atoms with E-state index in [1.165, 1.54) is 0 Å². The van der Waals surface area contributed by atoms with Crippen LogP contribution in [0.25, 0.3) is 0 Å². The Hall–Kier alpha value is -1.10. The van der Waals surface area contributed by atoms with Crippen LogP contribution in [0.1, 0.15) is 6.92 Å². The molecular formula is C6H9NO4. The van der Waals surface area contributed by atoms with Crippen molar-refractivity contribution in [3.63, 3.8) is 0 Å². The van der Waals surface area contributed by atoms with Crippen LogP contribution in [-0.2, 0) is 9.59 Å². The average molecular weight is 159 g/mol. The third kappa shape index (κ3) is 1.19. The van der Waals surface area contributed by atoms with E-state index in [0.29, 0.717) is 0 Å². The first-order chi connectivity index (χ1) is 5.04. The third-order valence-corrected chi connectivity index (χ3v) is 1.80. The van der Waals surface area contributed by atoms with Crippen molar-refractivity contribution >= 4 is 11.9 Å². The summed E-state index contributed by atoms with van der Waals surface area (Å²) in [7, 11) is 0. The number of hydrogen-bond acceptors (Lipinski definition) is 3. The van der Waals surface area contributed by atoms with Crippen LogP contribution in [0.4, 0.5) is 0 Å². The van der Waals surface area contributed by atoms with Crippen molar-refractivity contribution in [2.45, 2.75) is 19.1 Å². The van der Waals surface area contributed by atoms with Crippen LogP contribution in [0.5, 0.6) is 0 Å². The molecule has 62 valence electrons. The van der Waals surface area contributed by atoms with E-state index >= 15 is 0 Å². The number of aliphatic carboxylic acids is 1. The lowest BCUT2D eigenvalue weighted by molar-refractivity contribution is -0.147. The fourth-order valence-corrected chi connectivity index (χ4v) is 1.18. The van der Waals surface area contributed by atoms with Crippen LogP contribution in [0.3, 0.4) is 0 Å². The standard InChI is InChI=1S/C6H9NO4/c1-2-3(6(10)11)4(8)5(9)7-2/h2-4,8H,1H3,(H,7,9)(H,10,11). The van der Waals surface area contributed by atoms with E-state index < -0.39 is 29.9 Å². The van der Waals surface area contributed by atoms with Gasteiger partial charge in [0.1, 0.15) is 12.0 Å². The summed E-state index contributed by atoms with van der Waals surface area (Å²) >= 11 is 0. The van der Waals surface area contributed by atoms with Gasteiger partial charge in [0.05, 0.1) is 0 Å². The van der Waals surface area contributed by atoms with Crippen LogP contribution in [0, 0.1) is 5.92 Å². The molecule has 5 nitrogen and oxygen atoms in total. The Labute approximate surface area is 63.0 Å². The monoisotopic (exact) mass is 159 g/mol. The molecule has 5 heteroatoms. The molecule has 1 saturated heterocycles. The van der Waals surface area contributed by atoms with Crippen molar-refractivity contribution in [2.24, 2.45) is 5.92 Å². The number of carbonyl (C=O) groups is 2. The first-order valence-electron chi connectivity index (χ1n) is 3.25. The van der Waals surface area contributed by atoms with E-state index in [-0.39, 0.29) is 0 Å². The predicted molar refractivity (Wildman–Crippen MR) is 34.7 cm³/mol. The highest BCUT2D eigenvalue weighted by atomic mass is 16.4. The number of rotatable bonds is 1. The average Bonchev–Trinajstić information content (AvgIpc) is 2.07. The summed E-state index contributed by atoms with van der Waals surface area (Å²) in [6.45, 7) is 1.55. The molecular weight excluding hydrogens is 150 g/mol. The second-order valence-electron chi connectivity index (χ2n) is 2.61. The normalized spacial score (nSPS) is 36.9. The molecule has 11 heavy (non-hydrogen) atoms. The highest BCUT2D eigenvalue weighted by Gasteiger charge is 2.43. The molecule has 0 spiro atoms. The maximum atomic E-state index is 10.7. The molecule has 1 heterocycles. The molecule has 1 rings (SSSR count). The minimum atomic E-state index is -1.40. The number of carboxylic acids is 1. The van der Waals surface area contributed by atoms with Gasteiger partial charge in [-0.15, -0.1) is 0 Å². The predicted octanol–water partition coefficient (Wildman–Crippen LogP) is -1.43. The van der Waals surface area contributed by atoms with Crippen molar-refractivity contribution in [3.05, 3.63) is 0 Å². The van der Waals surface area contributed by atoms with Crippen LogP contribution in [0.15, 0.2) is 0 Å². The summed E-state index contributed by atoms with van der Waals surface area (Å²) in [5.41, 5.74) is 0. The van der Waals surface area contributed by atoms with Crippen molar-refractivity contribution in [1.82, 2.24) is 5.32 Å². The highest BCUT2D eigenvalue weighted by Crippen LogP contribution is 2.16. The van der Waals surface area contributed by atoms with E-state index in [1.54, 1.807) is 6.92 Å². The van der Waals surface area contributed by atoms with E-state index in [4.69, 9.17) is 10.2 Å². The van der Waals surface area contributed by atoms with Crippen molar-refractivity contribution < 1.29 is 19.8 Å². The summed E-state index contributed by atoms with van der Waals surface area (Å²) in [4.78, 5) is 21.1. The van der Waals surface area contributed by atoms with E-state index in [0.717, 1.165) is 0 Å². The minimum absolute atomic E-state index is 0.491. The number of carbonyl (C=O) groups excluding carboxylic acids is 1. The highest BCUT2D eigenvalue weighted by molar-refractivity contribution is 5.90. The molecule has 0 aromatic rings. The van der Waals surface area contributed by atoms with Gasteiger partial charge in [-0.1, -0.05) is 0 Å². The minimum Gasteiger partial charge on any atom is -0.481 e. The lowest BCUT2D eigenvalue weighted by atomic mass is 10.0. The Bertz CT molecular complexity index is 203. The number of hydrogen-bond donors (Lipinski definition) is 3. The van der Waals surface area contributed by atoms with Gasteiger partial charge < -0.3 is 15.5 Å². The van der Waals surface area contributed by atoms with E-state index in [2.05, 4.69) is 5.32 Å². The molecule has 0 aromatic carbocycles. The molecule has 1 amide bonds. The van der Waals surface area contributed by atoms with Gasteiger partial charge in [0.25, 0.3) is 0 Å². The fraction of sp³-hybridized carbons (Fsp3) is 0.667. The van der Waals surface area contributed by atoms with Gasteiger partial charge in [-0.25, -0.2) is 0 Å². The molecule has 0 aromatic heterocycles. The summed E-state index contributed by atoms with van der Waals surface area (Å²) < 4.78 is 0. The fourth-order valence-electron chi connectivity index (χ4n) is 1.18. The number of carboxylic acid groups (broad SMARTS) is 1. The first-order valence-corrected chi connectivity index (χ1v) is 3.25. The number of aliphatic hydroxyl groups is 1. The van der Waals surface area contributed by atoms with Gasteiger partial charge in [0.15, 0.2) is 0 Å². The maximum absolute atomic E-state index is 10.7. The number of amides is 1. The number of aliphatic hydroxyl groups excluding tert-OH is 1. The van der Waals surface area contributed by atoms with Crippen molar-refractivity contribution in [2.75, 3.05) is 0 Å². The zero-order valence-corrected chi connectivity index (χ0v) is 5.94. The Morgan fingerprint density at radius 2 is 2.18 bits per heavy atom. The van der Waals surface area contributed by atoms with Crippen LogP contribution < -0.4 is 5.32 Å². The second-order valence-corrected chi connectivity index (χ2v) is 2.61. The largest absolute Gasteiger partial charge is 0.481 e. The molecule has 3 unspecified atom stereocenters. The van der Waals surface area contributed by atoms with Crippen LogP contribution in [-0.4, -0.2) is 34.2 Å². The van der Waals surface area contributed by atoms with Gasteiger partial charge in [0, 0.05) is 6.04 Å². The van der Waals surface area contributed by atoms with Gasteiger partial charge in [-0.3, -0.25) is 9.59 Å². The lowest BCUT2D eigenvalue weighted by Gasteiger charge is -2.09. The zero-order valence-electron chi connectivity index (χ0n) is 5.94. The van der Waals surface area contributed by atoms with Gasteiger partial charge in [-0.2, -0.15) is 0 Å². The molecule has 3 atom stereocenters. The molecule has 0 radical (unpaired) electrons. The number of nitrogens with one attached hydrogen (secondary N) is 1. The first kappa shape index (κ1) is 8.00. The van der Waals surface area contributed by atoms with Crippen molar-refractivity contribution in [1.29, 1.82) is 0 Å². The Balaban J connectivity index is 2.79. The summed E-state index contributed by atoms with van der Waals surface area (Å²) in [5, 5.41) is 19.9. The van der Waals surface area contributed by atoms with Crippen LogP contribution in [0.2, 0.25) is 0 Å². The SMILES string of the molecule is CC1NC(=O)C(O)C1C(=O)O.